The van der Waals surface area contributed by atoms with Crippen molar-refractivity contribution in [2.24, 2.45) is 5.92 Å². The van der Waals surface area contributed by atoms with E-state index in [-0.39, 0.29) is 5.92 Å². The first-order valence-electron chi connectivity index (χ1n) is 4.68. The summed E-state index contributed by atoms with van der Waals surface area (Å²) in [6.07, 6.45) is 1.79. The Balaban J connectivity index is 2.20. The van der Waals surface area contributed by atoms with Crippen molar-refractivity contribution in [2.45, 2.75) is 18.9 Å². The highest BCUT2D eigenvalue weighted by atomic mass is 19.1. The Bertz CT molecular complexity index is 158. The molecule has 13 heavy (non-hydrogen) atoms. The SMILES string of the molecule is O=CC1CCN(CC(O)CF)CC1. The smallest absolute Gasteiger partial charge is 0.123 e. The fourth-order valence-corrected chi connectivity index (χ4v) is 1.62. The monoisotopic (exact) mass is 189 g/mol. The standard InChI is InChI=1S/C9H16FNO2/c10-5-9(13)6-11-3-1-8(7-12)2-4-11/h7-9,13H,1-6H2. The van der Waals surface area contributed by atoms with Crippen molar-refractivity contribution in [3.63, 3.8) is 0 Å². The van der Waals surface area contributed by atoms with Crippen LogP contribution >= 0.6 is 0 Å². The van der Waals surface area contributed by atoms with Gasteiger partial charge in [0.1, 0.15) is 13.0 Å². The molecule has 1 atom stereocenters. The molecule has 1 N–H and O–H groups in total. The second-order valence-corrected chi connectivity index (χ2v) is 3.58. The number of β-amino-alcohol motifs (C(OH)–C–C–N with tert-alkyl or cyclic N) is 1. The Labute approximate surface area is 77.5 Å². The quantitative estimate of drug-likeness (QED) is 0.643. The second-order valence-electron chi connectivity index (χ2n) is 3.58. The molecule has 0 aromatic heterocycles. The average molecular weight is 189 g/mol. The van der Waals surface area contributed by atoms with Gasteiger partial charge < -0.3 is 14.8 Å². The number of carbonyl (C=O) groups excluding carboxylic acids is 1. The van der Waals surface area contributed by atoms with Crippen LogP contribution in [0.3, 0.4) is 0 Å². The van der Waals surface area contributed by atoms with E-state index in [9.17, 15) is 9.18 Å². The van der Waals surface area contributed by atoms with Crippen molar-refractivity contribution in [1.29, 1.82) is 0 Å². The number of aliphatic hydroxyl groups excluding tert-OH is 1. The zero-order valence-corrected chi connectivity index (χ0v) is 7.66. The van der Waals surface area contributed by atoms with Crippen LogP contribution in [0.4, 0.5) is 4.39 Å². The number of piperidine rings is 1. The zero-order valence-electron chi connectivity index (χ0n) is 7.66. The minimum Gasteiger partial charge on any atom is -0.389 e. The van der Waals surface area contributed by atoms with E-state index >= 15 is 0 Å². The molecule has 1 rings (SSSR count). The lowest BCUT2D eigenvalue weighted by Gasteiger charge is -2.30. The lowest BCUT2D eigenvalue weighted by Crippen LogP contribution is -2.39. The molecule has 0 radical (unpaired) electrons. The Kier molecular flexibility index (Phi) is 4.32. The fraction of sp³-hybridized carbons (Fsp3) is 0.889. The maximum Gasteiger partial charge on any atom is 0.123 e. The maximum absolute atomic E-state index is 12.0. The van der Waals surface area contributed by atoms with Gasteiger partial charge in [-0.25, -0.2) is 4.39 Å². The predicted molar refractivity (Wildman–Crippen MR) is 47.2 cm³/mol. The van der Waals surface area contributed by atoms with Gasteiger partial charge in [0.05, 0.1) is 6.10 Å². The van der Waals surface area contributed by atoms with Gasteiger partial charge in [-0.15, -0.1) is 0 Å². The molecule has 0 spiro atoms. The van der Waals surface area contributed by atoms with E-state index in [2.05, 4.69) is 0 Å². The van der Waals surface area contributed by atoms with Crippen molar-refractivity contribution in [3.05, 3.63) is 0 Å². The van der Waals surface area contributed by atoms with E-state index in [1.54, 1.807) is 0 Å². The van der Waals surface area contributed by atoms with Crippen molar-refractivity contribution >= 4 is 6.29 Å². The van der Waals surface area contributed by atoms with Gasteiger partial charge in [-0.1, -0.05) is 0 Å². The highest BCUT2D eigenvalue weighted by molar-refractivity contribution is 5.53. The Morgan fingerprint density at radius 3 is 2.62 bits per heavy atom. The molecular formula is C9H16FNO2. The van der Waals surface area contributed by atoms with E-state index in [1.807, 2.05) is 4.90 Å². The summed E-state index contributed by atoms with van der Waals surface area (Å²) in [5, 5.41) is 9.05. The number of aliphatic hydroxyl groups is 1. The second kappa shape index (κ2) is 5.29. The molecular weight excluding hydrogens is 173 g/mol. The van der Waals surface area contributed by atoms with Gasteiger partial charge in [0.2, 0.25) is 0 Å². The van der Waals surface area contributed by atoms with Crippen LogP contribution in [0.15, 0.2) is 0 Å². The molecule has 0 aromatic carbocycles. The van der Waals surface area contributed by atoms with Crippen LogP contribution in [0.25, 0.3) is 0 Å². The third-order valence-corrected chi connectivity index (χ3v) is 2.47. The van der Waals surface area contributed by atoms with Crippen LogP contribution in [0.2, 0.25) is 0 Å². The third-order valence-electron chi connectivity index (χ3n) is 2.47. The Hall–Kier alpha value is -0.480. The molecule has 3 nitrogen and oxygen atoms in total. The number of rotatable bonds is 4. The van der Waals surface area contributed by atoms with Crippen molar-refractivity contribution in [3.8, 4) is 0 Å². The first-order chi connectivity index (χ1) is 6.26. The first-order valence-corrected chi connectivity index (χ1v) is 4.68. The van der Waals surface area contributed by atoms with E-state index in [4.69, 9.17) is 5.11 Å². The van der Waals surface area contributed by atoms with Crippen LogP contribution in [0, 0.1) is 5.92 Å². The minimum absolute atomic E-state index is 0.166. The number of alkyl halides is 1. The minimum atomic E-state index is -0.868. The molecule has 0 aromatic rings. The molecule has 0 amide bonds. The largest absolute Gasteiger partial charge is 0.389 e. The number of hydrogen-bond donors (Lipinski definition) is 1. The van der Waals surface area contributed by atoms with Gasteiger partial charge in [-0.05, 0) is 25.9 Å². The zero-order chi connectivity index (χ0) is 9.68. The van der Waals surface area contributed by atoms with E-state index in [1.165, 1.54) is 0 Å². The number of carbonyl (C=O) groups is 1. The number of nitrogens with zero attached hydrogens (tertiary/aromatic N) is 1. The van der Waals surface area contributed by atoms with E-state index < -0.39 is 12.8 Å². The Morgan fingerprint density at radius 1 is 1.54 bits per heavy atom. The number of halogens is 1. The maximum atomic E-state index is 12.0. The summed E-state index contributed by atoms with van der Waals surface area (Å²) in [4.78, 5) is 12.4. The van der Waals surface area contributed by atoms with Gasteiger partial charge in [-0.2, -0.15) is 0 Å². The van der Waals surface area contributed by atoms with Crippen LogP contribution in [-0.2, 0) is 4.79 Å². The molecule has 76 valence electrons. The first kappa shape index (κ1) is 10.6. The topological polar surface area (TPSA) is 40.5 Å². The molecule has 1 fully saturated rings. The summed E-state index contributed by atoms with van der Waals surface area (Å²) in [7, 11) is 0. The normalized spacial score (nSPS) is 22.9. The molecule has 4 heteroatoms. The van der Waals surface area contributed by atoms with Crippen molar-refractivity contribution < 1.29 is 14.3 Å². The molecule has 1 aliphatic heterocycles. The summed E-state index contributed by atoms with van der Waals surface area (Å²) >= 11 is 0. The predicted octanol–water partition coefficient (Wildman–Crippen LogP) is 0.228. The highest BCUT2D eigenvalue weighted by Crippen LogP contribution is 2.14. The van der Waals surface area contributed by atoms with E-state index in [0.29, 0.717) is 6.54 Å². The molecule has 0 bridgehead atoms. The summed E-state index contributed by atoms with van der Waals surface area (Å²) in [6, 6.07) is 0. The summed E-state index contributed by atoms with van der Waals surface area (Å²) in [6.45, 7) is 1.29. The van der Waals surface area contributed by atoms with Crippen LogP contribution in [-0.4, -0.2) is 48.7 Å². The summed E-state index contributed by atoms with van der Waals surface area (Å²) in [5.41, 5.74) is 0. The van der Waals surface area contributed by atoms with E-state index in [0.717, 1.165) is 32.2 Å². The average Bonchev–Trinajstić information content (AvgIpc) is 2.19. The van der Waals surface area contributed by atoms with Gasteiger partial charge in [0.15, 0.2) is 0 Å². The lowest BCUT2D eigenvalue weighted by molar-refractivity contribution is -0.112. The van der Waals surface area contributed by atoms with Crippen molar-refractivity contribution in [2.75, 3.05) is 26.3 Å². The van der Waals surface area contributed by atoms with Crippen LogP contribution in [0.1, 0.15) is 12.8 Å². The molecule has 1 saturated heterocycles. The summed E-state index contributed by atoms with van der Waals surface area (Å²) in [5.74, 6) is 0.166. The molecule has 1 aliphatic rings. The third kappa shape index (κ3) is 3.40. The lowest BCUT2D eigenvalue weighted by atomic mass is 9.98. The molecule has 1 heterocycles. The van der Waals surface area contributed by atoms with Gasteiger partial charge in [0, 0.05) is 12.5 Å². The number of likely N-dealkylation sites (tertiary alicyclic amines) is 1. The summed E-state index contributed by atoms with van der Waals surface area (Å²) < 4.78 is 12.0. The van der Waals surface area contributed by atoms with Gasteiger partial charge >= 0.3 is 0 Å². The molecule has 1 unspecified atom stereocenters. The van der Waals surface area contributed by atoms with Crippen LogP contribution < -0.4 is 0 Å². The number of aldehydes is 1. The van der Waals surface area contributed by atoms with Crippen molar-refractivity contribution in [1.82, 2.24) is 4.90 Å². The highest BCUT2D eigenvalue weighted by Gasteiger charge is 2.20. The number of hydrogen-bond acceptors (Lipinski definition) is 3. The Morgan fingerprint density at radius 2 is 2.15 bits per heavy atom. The fourth-order valence-electron chi connectivity index (χ4n) is 1.62. The molecule has 0 aliphatic carbocycles. The van der Waals surface area contributed by atoms with Crippen LogP contribution in [0.5, 0.6) is 0 Å². The molecule has 0 saturated carbocycles. The van der Waals surface area contributed by atoms with Gasteiger partial charge in [-0.3, -0.25) is 0 Å². The van der Waals surface area contributed by atoms with Gasteiger partial charge in [0.25, 0.3) is 0 Å².